The molecule has 0 unspecified atom stereocenters. The van der Waals surface area contributed by atoms with Gasteiger partial charge in [0.15, 0.2) is 0 Å². The number of rotatable bonds is 5. The van der Waals surface area contributed by atoms with Gasteiger partial charge in [0.05, 0.1) is 0 Å². The molecule has 3 rings (SSSR count). The molecular weight excluding hydrogens is 307 g/mol. The second kappa shape index (κ2) is 7.32. The van der Waals surface area contributed by atoms with Crippen molar-refractivity contribution in [3.63, 3.8) is 0 Å². The molecule has 0 aliphatic heterocycles. The molecule has 0 atom stereocenters. The van der Waals surface area contributed by atoms with Gasteiger partial charge in [-0.05, 0) is 29.8 Å². The second-order valence-corrected chi connectivity index (χ2v) is 5.07. The summed E-state index contributed by atoms with van der Waals surface area (Å²) in [5.41, 5.74) is 1.75. The third-order valence-corrected chi connectivity index (χ3v) is 3.26. The van der Waals surface area contributed by atoms with Crippen molar-refractivity contribution in [1.82, 2.24) is 15.3 Å². The highest BCUT2D eigenvalue weighted by atomic mass is 19.1. The molecule has 0 saturated carbocycles. The molecule has 5 nitrogen and oxygen atoms in total. The van der Waals surface area contributed by atoms with Gasteiger partial charge >= 0.3 is 0 Å². The Hall–Kier alpha value is -3.28. The third kappa shape index (κ3) is 4.13. The number of carbonyl (C=O) groups excluding carboxylic acids is 1. The van der Waals surface area contributed by atoms with E-state index >= 15 is 0 Å². The molecule has 0 radical (unpaired) electrons. The maximum absolute atomic E-state index is 13.2. The summed E-state index contributed by atoms with van der Waals surface area (Å²) in [5.74, 6) is -0.437. The van der Waals surface area contributed by atoms with E-state index in [0.29, 0.717) is 12.2 Å². The molecule has 0 spiro atoms. The van der Waals surface area contributed by atoms with Crippen LogP contribution in [0.5, 0.6) is 0 Å². The molecule has 3 aromatic rings. The van der Waals surface area contributed by atoms with E-state index in [-0.39, 0.29) is 23.4 Å². The number of hydrogen-bond donors (Lipinski definition) is 2. The third-order valence-electron chi connectivity index (χ3n) is 3.26. The number of anilines is 2. The predicted octanol–water partition coefficient (Wildman–Crippen LogP) is 3.29. The topological polar surface area (TPSA) is 66.9 Å². The molecule has 0 aliphatic carbocycles. The van der Waals surface area contributed by atoms with Crippen molar-refractivity contribution in [2.45, 2.75) is 6.54 Å². The molecule has 2 aromatic carbocycles. The van der Waals surface area contributed by atoms with Crippen LogP contribution in [0.3, 0.4) is 0 Å². The van der Waals surface area contributed by atoms with Crippen molar-refractivity contribution in [1.29, 1.82) is 0 Å². The van der Waals surface area contributed by atoms with Crippen molar-refractivity contribution >= 4 is 17.5 Å². The lowest BCUT2D eigenvalue weighted by Gasteiger charge is -2.07. The van der Waals surface area contributed by atoms with Gasteiger partial charge in [-0.3, -0.25) is 4.79 Å². The Bertz CT molecular complexity index is 839. The molecule has 120 valence electrons. The zero-order chi connectivity index (χ0) is 16.8. The fourth-order valence-electron chi connectivity index (χ4n) is 2.11. The van der Waals surface area contributed by atoms with Crippen LogP contribution in [0, 0.1) is 5.82 Å². The van der Waals surface area contributed by atoms with Crippen molar-refractivity contribution in [2.24, 2.45) is 0 Å². The number of nitrogens with zero attached hydrogens (tertiary/aromatic N) is 2. The normalized spacial score (nSPS) is 10.2. The monoisotopic (exact) mass is 322 g/mol. The summed E-state index contributed by atoms with van der Waals surface area (Å²) in [6.07, 6.45) is 1.48. The van der Waals surface area contributed by atoms with Crippen molar-refractivity contribution in [3.8, 4) is 0 Å². The summed E-state index contributed by atoms with van der Waals surface area (Å²) in [7, 11) is 0. The summed E-state index contributed by atoms with van der Waals surface area (Å²) >= 11 is 0. The molecule has 1 amide bonds. The van der Waals surface area contributed by atoms with Gasteiger partial charge in [-0.1, -0.05) is 36.4 Å². The van der Waals surface area contributed by atoms with E-state index in [1.54, 1.807) is 12.1 Å². The fraction of sp³-hybridized carbons (Fsp3) is 0.0556. The number of aromatic nitrogens is 2. The van der Waals surface area contributed by atoms with Crippen LogP contribution in [0.2, 0.25) is 0 Å². The van der Waals surface area contributed by atoms with Crippen LogP contribution in [0.15, 0.2) is 66.9 Å². The average molecular weight is 322 g/mol. The van der Waals surface area contributed by atoms with Crippen molar-refractivity contribution in [3.05, 3.63) is 83.9 Å². The molecule has 0 aliphatic rings. The van der Waals surface area contributed by atoms with Crippen molar-refractivity contribution < 1.29 is 9.18 Å². The molecular formula is C18H15FN4O. The molecule has 0 fully saturated rings. The Kier molecular flexibility index (Phi) is 4.76. The lowest BCUT2D eigenvalue weighted by Crippen LogP contribution is -2.24. The second-order valence-electron chi connectivity index (χ2n) is 5.07. The SMILES string of the molecule is O=C(NCc1ccccc1)c1ccnc(Nc2cccc(F)c2)n1. The smallest absolute Gasteiger partial charge is 0.270 e. The van der Waals surface area contributed by atoms with Gasteiger partial charge in [-0.15, -0.1) is 0 Å². The van der Waals surface area contributed by atoms with Crippen LogP contribution < -0.4 is 10.6 Å². The van der Waals surface area contributed by atoms with E-state index in [9.17, 15) is 9.18 Å². The molecule has 0 bridgehead atoms. The van der Waals surface area contributed by atoms with E-state index in [4.69, 9.17) is 0 Å². The fourth-order valence-corrected chi connectivity index (χ4v) is 2.11. The number of halogens is 1. The number of carbonyl (C=O) groups is 1. The van der Waals surface area contributed by atoms with Crippen molar-refractivity contribution in [2.75, 3.05) is 5.32 Å². The standard InChI is InChI=1S/C18H15FN4O/c19-14-7-4-8-15(11-14)22-18-20-10-9-16(23-18)17(24)21-12-13-5-2-1-3-6-13/h1-11H,12H2,(H,21,24)(H,20,22,23). The first-order chi connectivity index (χ1) is 11.7. The molecule has 2 N–H and O–H groups in total. The predicted molar refractivity (Wildman–Crippen MR) is 89.3 cm³/mol. The molecule has 6 heteroatoms. The Morgan fingerprint density at radius 2 is 1.88 bits per heavy atom. The van der Waals surface area contributed by atoms with Crippen LogP contribution in [-0.4, -0.2) is 15.9 Å². The van der Waals surface area contributed by atoms with Crippen LogP contribution in [-0.2, 0) is 6.54 Å². The quantitative estimate of drug-likeness (QED) is 0.756. The highest BCUT2D eigenvalue weighted by molar-refractivity contribution is 5.92. The largest absolute Gasteiger partial charge is 0.347 e. The lowest BCUT2D eigenvalue weighted by atomic mass is 10.2. The van der Waals surface area contributed by atoms with Crippen LogP contribution in [0.4, 0.5) is 16.0 Å². The van der Waals surface area contributed by atoms with Gasteiger partial charge < -0.3 is 10.6 Å². The Balaban J connectivity index is 1.67. The van der Waals surface area contributed by atoms with E-state index in [2.05, 4.69) is 20.6 Å². The minimum absolute atomic E-state index is 0.230. The van der Waals surface area contributed by atoms with Gasteiger partial charge in [0.2, 0.25) is 5.95 Å². The number of nitrogens with one attached hydrogen (secondary N) is 2. The van der Waals surface area contributed by atoms with Gasteiger partial charge in [0.1, 0.15) is 11.5 Å². The maximum Gasteiger partial charge on any atom is 0.270 e. The number of benzene rings is 2. The summed E-state index contributed by atoms with van der Waals surface area (Å²) in [6.45, 7) is 0.413. The van der Waals surface area contributed by atoms with Crippen LogP contribution in [0.1, 0.15) is 16.1 Å². The van der Waals surface area contributed by atoms with Gasteiger partial charge in [-0.2, -0.15) is 0 Å². The molecule has 0 saturated heterocycles. The number of amides is 1. The van der Waals surface area contributed by atoms with E-state index in [0.717, 1.165) is 5.56 Å². The minimum Gasteiger partial charge on any atom is -0.347 e. The summed E-state index contributed by atoms with van der Waals surface area (Å²) in [6, 6.07) is 17.1. The Labute approximate surface area is 138 Å². The van der Waals surface area contributed by atoms with Gasteiger partial charge in [0, 0.05) is 18.4 Å². The summed E-state index contributed by atoms with van der Waals surface area (Å²) in [4.78, 5) is 20.4. The van der Waals surface area contributed by atoms with Gasteiger partial charge in [0.25, 0.3) is 5.91 Å². The highest BCUT2D eigenvalue weighted by Crippen LogP contribution is 2.14. The first kappa shape index (κ1) is 15.6. The first-order valence-electron chi connectivity index (χ1n) is 7.38. The first-order valence-corrected chi connectivity index (χ1v) is 7.38. The van der Waals surface area contributed by atoms with E-state index in [1.807, 2.05) is 30.3 Å². The van der Waals surface area contributed by atoms with E-state index in [1.165, 1.54) is 24.4 Å². The summed E-state index contributed by atoms with van der Waals surface area (Å²) < 4.78 is 13.2. The number of hydrogen-bond acceptors (Lipinski definition) is 4. The summed E-state index contributed by atoms with van der Waals surface area (Å²) in [5, 5.41) is 5.67. The van der Waals surface area contributed by atoms with E-state index < -0.39 is 0 Å². The van der Waals surface area contributed by atoms with Crippen LogP contribution >= 0.6 is 0 Å². The highest BCUT2D eigenvalue weighted by Gasteiger charge is 2.09. The lowest BCUT2D eigenvalue weighted by molar-refractivity contribution is 0.0946. The average Bonchev–Trinajstić information content (AvgIpc) is 2.61. The maximum atomic E-state index is 13.2. The Morgan fingerprint density at radius 1 is 1.04 bits per heavy atom. The zero-order valence-electron chi connectivity index (χ0n) is 12.7. The molecule has 24 heavy (non-hydrogen) atoms. The Morgan fingerprint density at radius 3 is 2.67 bits per heavy atom. The molecule has 1 heterocycles. The molecule has 1 aromatic heterocycles. The zero-order valence-corrected chi connectivity index (χ0v) is 12.7. The van der Waals surface area contributed by atoms with Gasteiger partial charge in [-0.25, -0.2) is 14.4 Å². The minimum atomic E-state index is -0.364. The van der Waals surface area contributed by atoms with Crippen LogP contribution in [0.25, 0.3) is 0 Å².